The number of aliphatic hydroxyl groups is 2. The van der Waals surface area contributed by atoms with E-state index in [0.717, 1.165) is 11.1 Å². The van der Waals surface area contributed by atoms with Gasteiger partial charge < -0.3 is 14.9 Å². The van der Waals surface area contributed by atoms with Crippen LogP contribution in [-0.4, -0.2) is 34.0 Å². The molecule has 0 amide bonds. The second-order valence-corrected chi connectivity index (χ2v) is 5.79. The molecule has 0 aromatic heterocycles. The fourth-order valence-corrected chi connectivity index (χ4v) is 2.87. The van der Waals surface area contributed by atoms with Crippen molar-refractivity contribution in [3.63, 3.8) is 0 Å². The second kappa shape index (κ2) is 5.55. The van der Waals surface area contributed by atoms with Crippen LogP contribution < -0.4 is 0 Å². The molecule has 4 nitrogen and oxygen atoms in total. The summed E-state index contributed by atoms with van der Waals surface area (Å²) in [6, 6.07) is 18.4. The highest BCUT2D eigenvalue weighted by Crippen LogP contribution is 2.36. The van der Waals surface area contributed by atoms with Gasteiger partial charge in [-0.05, 0) is 11.1 Å². The Morgan fingerprint density at radius 3 is 1.91 bits per heavy atom. The lowest BCUT2D eigenvalue weighted by molar-refractivity contribution is -0.163. The van der Waals surface area contributed by atoms with Crippen LogP contribution in [0.3, 0.4) is 0 Å². The van der Waals surface area contributed by atoms with Crippen molar-refractivity contribution in [2.24, 2.45) is 0 Å². The van der Waals surface area contributed by atoms with Crippen molar-refractivity contribution in [2.75, 3.05) is 6.61 Å². The van der Waals surface area contributed by atoms with Crippen LogP contribution in [0.1, 0.15) is 11.1 Å². The fourth-order valence-electron chi connectivity index (χ4n) is 2.87. The van der Waals surface area contributed by atoms with Gasteiger partial charge in [-0.15, -0.1) is 0 Å². The maximum atomic E-state index is 12.1. The first-order valence-corrected chi connectivity index (χ1v) is 7.23. The normalized spacial score (nSPS) is 27.6. The van der Waals surface area contributed by atoms with Gasteiger partial charge in [0, 0.05) is 12.8 Å². The molecule has 0 spiro atoms. The summed E-state index contributed by atoms with van der Waals surface area (Å²) < 4.78 is 4.99. The van der Waals surface area contributed by atoms with Crippen molar-refractivity contribution < 1.29 is 19.7 Å². The Bertz CT molecular complexity index is 655. The molecular weight excluding hydrogens is 280 g/mol. The molecule has 1 heterocycles. The molecule has 0 unspecified atom stereocenters. The van der Waals surface area contributed by atoms with Crippen molar-refractivity contribution in [3.05, 3.63) is 71.8 Å². The van der Waals surface area contributed by atoms with E-state index >= 15 is 0 Å². The predicted octanol–water partition coefficient (Wildman–Crippen LogP) is 1.49. The Hall–Kier alpha value is -2.17. The van der Waals surface area contributed by atoms with E-state index in [4.69, 9.17) is 4.74 Å². The summed E-state index contributed by atoms with van der Waals surface area (Å²) in [5, 5.41) is 21.8. The summed E-state index contributed by atoms with van der Waals surface area (Å²) in [5.74, 6) is -0.769. The Balaban J connectivity index is 1.90. The van der Waals surface area contributed by atoms with Crippen LogP contribution in [0.5, 0.6) is 0 Å². The number of carbonyl (C=O) groups excluding carboxylic acids is 1. The lowest BCUT2D eigenvalue weighted by atomic mass is 9.77. The van der Waals surface area contributed by atoms with Gasteiger partial charge >= 0.3 is 5.97 Å². The van der Waals surface area contributed by atoms with E-state index in [-0.39, 0.29) is 19.4 Å². The van der Waals surface area contributed by atoms with E-state index in [1.807, 2.05) is 60.7 Å². The number of cyclic esters (lactones) is 1. The predicted molar refractivity (Wildman–Crippen MR) is 81.2 cm³/mol. The van der Waals surface area contributed by atoms with Gasteiger partial charge in [0.15, 0.2) is 5.60 Å². The van der Waals surface area contributed by atoms with Crippen molar-refractivity contribution in [3.8, 4) is 0 Å². The average Bonchev–Trinajstić information content (AvgIpc) is 2.74. The molecular formula is C18H18O4. The third kappa shape index (κ3) is 2.51. The SMILES string of the molecule is O=C1OC[C@](O)(Cc2ccccc2)[C@]1(O)Cc1ccccc1. The molecule has 0 saturated carbocycles. The van der Waals surface area contributed by atoms with E-state index in [9.17, 15) is 15.0 Å². The summed E-state index contributed by atoms with van der Waals surface area (Å²) in [6.45, 7) is -0.204. The summed E-state index contributed by atoms with van der Waals surface area (Å²) in [6.07, 6.45) is 0.179. The highest BCUT2D eigenvalue weighted by molar-refractivity contribution is 5.84. The zero-order chi connectivity index (χ0) is 15.6. The maximum absolute atomic E-state index is 12.1. The number of hydrogen-bond donors (Lipinski definition) is 2. The quantitative estimate of drug-likeness (QED) is 0.839. The largest absolute Gasteiger partial charge is 0.460 e. The first kappa shape index (κ1) is 14.8. The van der Waals surface area contributed by atoms with Crippen LogP contribution in [0.4, 0.5) is 0 Å². The van der Waals surface area contributed by atoms with E-state index in [2.05, 4.69) is 0 Å². The number of esters is 1. The lowest BCUT2D eigenvalue weighted by Gasteiger charge is -2.33. The highest BCUT2D eigenvalue weighted by atomic mass is 16.6. The smallest absolute Gasteiger partial charge is 0.341 e. The summed E-state index contributed by atoms with van der Waals surface area (Å²) in [4.78, 5) is 12.1. The molecule has 0 bridgehead atoms. The molecule has 1 aliphatic heterocycles. The molecule has 1 aliphatic rings. The molecule has 1 fully saturated rings. The number of rotatable bonds is 4. The van der Waals surface area contributed by atoms with Crippen LogP contribution in [0, 0.1) is 0 Å². The Morgan fingerprint density at radius 2 is 1.36 bits per heavy atom. The zero-order valence-corrected chi connectivity index (χ0v) is 12.1. The van der Waals surface area contributed by atoms with Gasteiger partial charge in [-0.25, -0.2) is 4.79 Å². The first-order valence-electron chi connectivity index (χ1n) is 7.23. The number of benzene rings is 2. The van der Waals surface area contributed by atoms with Crippen LogP contribution in [0.2, 0.25) is 0 Å². The topological polar surface area (TPSA) is 66.8 Å². The summed E-state index contributed by atoms with van der Waals surface area (Å²) >= 11 is 0. The van der Waals surface area contributed by atoms with Gasteiger partial charge in [0.2, 0.25) is 0 Å². The van der Waals surface area contributed by atoms with Gasteiger partial charge in [0.25, 0.3) is 0 Å². The standard InChI is InChI=1S/C18H18O4/c19-16-18(21,12-15-9-5-2-6-10-15)17(20,13-22-16)11-14-7-3-1-4-8-14/h1-10,20-21H,11-13H2/t17-,18+/m1/s1. The van der Waals surface area contributed by atoms with E-state index in [0.29, 0.717) is 0 Å². The maximum Gasteiger partial charge on any atom is 0.341 e. The Labute approximate surface area is 129 Å². The van der Waals surface area contributed by atoms with Crippen LogP contribution in [-0.2, 0) is 22.4 Å². The van der Waals surface area contributed by atoms with Gasteiger partial charge in [-0.1, -0.05) is 60.7 Å². The van der Waals surface area contributed by atoms with E-state index < -0.39 is 17.2 Å². The molecule has 0 aliphatic carbocycles. The van der Waals surface area contributed by atoms with Crippen molar-refractivity contribution in [2.45, 2.75) is 24.0 Å². The molecule has 2 aromatic carbocycles. The molecule has 2 N–H and O–H groups in total. The molecule has 22 heavy (non-hydrogen) atoms. The van der Waals surface area contributed by atoms with Crippen LogP contribution >= 0.6 is 0 Å². The minimum Gasteiger partial charge on any atom is -0.460 e. The number of ether oxygens (including phenoxy) is 1. The van der Waals surface area contributed by atoms with E-state index in [1.54, 1.807) is 0 Å². The van der Waals surface area contributed by atoms with Crippen molar-refractivity contribution >= 4 is 5.97 Å². The van der Waals surface area contributed by atoms with Gasteiger partial charge in [-0.3, -0.25) is 0 Å². The zero-order valence-electron chi connectivity index (χ0n) is 12.1. The Kier molecular flexibility index (Phi) is 3.72. The number of carbonyl (C=O) groups is 1. The molecule has 0 radical (unpaired) electrons. The third-order valence-electron chi connectivity index (χ3n) is 4.19. The first-order chi connectivity index (χ1) is 10.5. The lowest BCUT2D eigenvalue weighted by Crippen LogP contribution is -2.58. The minimum atomic E-state index is -1.94. The number of hydrogen-bond acceptors (Lipinski definition) is 4. The second-order valence-electron chi connectivity index (χ2n) is 5.79. The average molecular weight is 298 g/mol. The molecule has 2 aromatic rings. The van der Waals surface area contributed by atoms with Gasteiger partial charge in [0.05, 0.1) is 0 Å². The van der Waals surface area contributed by atoms with Crippen LogP contribution in [0.25, 0.3) is 0 Å². The Morgan fingerprint density at radius 1 is 0.864 bits per heavy atom. The minimum absolute atomic E-state index is 0.0238. The monoisotopic (exact) mass is 298 g/mol. The molecule has 4 heteroatoms. The summed E-state index contributed by atoms with van der Waals surface area (Å²) in [5.41, 5.74) is -1.96. The molecule has 3 rings (SSSR count). The molecule has 2 atom stereocenters. The van der Waals surface area contributed by atoms with E-state index in [1.165, 1.54) is 0 Å². The van der Waals surface area contributed by atoms with Crippen LogP contribution in [0.15, 0.2) is 60.7 Å². The van der Waals surface area contributed by atoms with Crippen molar-refractivity contribution in [1.82, 2.24) is 0 Å². The third-order valence-corrected chi connectivity index (χ3v) is 4.19. The van der Waals surface area contributed by atoms with Gasteiger partial charge in [-0.2, -0.15) is 0 Å². The highest BCUT2D eigenvalue weighted by Gasteiger charge is 2.61. The summed E-state index contributed by atoms with van der Waals surface area (Å²) in [7, 11) is 0. The van der Waals surface area contributed by atoms with Gasteiger partial charge in [0.1, 0.15) is 12.2 Å². The molecule has 114 valence electrons. The van der Waals surface area contributed by atoms with Crippen molar-refractivity contribution in [1.29, 1.82) is 0 Å². The molecule has 1 saturated heterocycles. The fraction of sp³-hybridized carbons (Fsp3) is 0.278.